The average Bonchev–Trinajstić information content (AvgIpc) is 3.22. The Morgan fingerprint density at radius 2 is 2.09 bits per heavy atom. The van der Waals surface area contributed by atoms with Gasteiger partial charge in [0.1, 0.15) is 11.6 Å². The van der Waals surface area contributed by atoms with E-state index in [4.69, 9.17) is 5.73 Å². The molecule has 0 saturated heterocycles. The zero-order valence-electron chi connectivity index (χ0n) is 12.2. The average molecular weight is 325 g/mol. The predicted octanol–water partition coefficient (Wildman–Crippen LogP) is 2.43. The number of nitrogen functional groups attached to an aromatic ring is 1. The summed E-state index contributed by atoms with van der Waals surface area (Å²) in [5, 5.41) is 6.08. The van der Waals surface area contributed by atoms with E-state index < -0.39 is 11.9 Å². The van der Waals surface area contributed by atoms with Crippen molar-refractivity contribution in [3.8, 4) is 11.3 Å². The first-order valence-electron chi connectivity index (χ1n) is 6.94. The molecule has 1 fully saturated rings. The molecule has 0 aliphatic heterocycles. The van der Waals surface area contributed by atoms with Crippen LogP contribution in [-0.4, -0.2) is 20.7 Å². The first-order valence-corrected chi connectivity index (χ1v) is 6.94. The van der Waals surface area contributed by atoms with Gasteiger partial charge in [0, 0.05) is 18.5 Å². The van der Waals surface area contributed by atoms with Crippen LogP contribution in [0.4, 0.5) is 24.8 Å². The van der Waals surface area contributed by atoms with Crippen LogP contribution in [0.25, 0.3) is 11.3 Å². The Labute approximate surface area is 129 Å². The number of anilines is 2. The van der Waals surface area contributed by atoms with Crippen molar-refractivity contribution in [1.82, 2.24) is 14.8 Å². The van der Waals surface area contributed by atoms with E-state index in [0.29, 0.717) is 5.56 Å². The maximum atomic E-state index is 12.7. The molecule has 2 aromatic heterocycles. The fourth-order valence-electron chi connectivity index (χ4n) is 2.19. The first-order chi connectivity index (χ1) is 10.8. The van der Waals surface area contributed by atoms with Gasteiger partial charge >= 0.3 is 6.18 Å². The molecule has 3 rings (SSSR count). The molecule has 1 aliphatic carbocycles. The van der Waals surface area contributed by atoms with Gasteiger partial charge in [0.25, 0.3) is 0 Å². The van der Waals surface area contributed by atoms with Crippen LogP contribution < -0.4 is 11.1 Å². The SMILES string of the molecule is Cn1nc(C(F)(F)F)cc1-c1ccc(NC(=O)C2CC2)nc1N. The molecule has 1 saturated carbocycles. The predicted molar refractivity (Wildman–Crippen MR) is 77.2 cm³/mol. The van der Waals surface area contributed by atoms with Crippen molar-refractivity contribution in [2.45, 2.75) is 19.0 Å². The molecule has 1 amide bonds. The minimum Gasteiger partial charge on any atom is -0.383 e. The number of hydrogen-bond acceptors (Lipinski definition) is 4. The van der Waals surface area contributed by atoms with Crippen LogP contribution in [0, 0.1) is 5.92 Å². The van der Waals surface area contributed by atoms with Gasteiger partial charge in [-0.1, -0.05) is 0 Å². The number of pyridine rings is 1. The Bertz CT molecular complexity index is 764. The van der Waals surface area contributed by atoms with Gasteiger partial charge in [-0.2, -0.15) is 18.3 Å². The number of nitrogens with two attached hydrogens (primary N) is 1. The number of carbonyl (C=O) groups excluding carboxylic acids is 1. The van der Waals surface area contributed by atoms with Crippen LogP contribution in [0.1, 0.15) is 18.5 Å². The molecule has 0 radical (unpaired) electrons. The quantitative estimate of drug-likeness (QED) is 0.907. The summed E-state index contributed by atoms with van der Waals surface area (Å²) in [6.07, 6.45) is -2.82. The highest BCUT2D eigenvalue weighted by molar-refractivity contribution is 5.93. The Morgan fingerprint density at radius 3 is 2.61 bits per heavy atom. The lowest BCUT2D eigenvalue weighted by atomic mass is 10.1. The summed E-state index contributed by atoms with van der Waals surface area (Å²) in [5.74, 6) is 0.199. The molecule has 0 unspecified atom stereocenters. The first kappa shape index (κ1) is 15.3. The van der Waals surface area contributed by atoms with Crippen molar-refractivity contribution in [1.29, 1.82) is 0 Å². The molecular weight excluding hydrogens is 311 g/mol. The van der Waals surface area contributed by atoms with E-state index in [1.807, 2.05) is 0 Å². The minimum atomic E-state index is -4.53. The zero-order chi connectivity index (χ0) is 16.8. The zero-order valence-corrected chi connectivity index (χ0v) is 12.2. The molecule has 122 valence electrons. The van der Waals surface area contributed by atoms with Gasteiger partial charge in [0.05, 0.1) is 5.69 Å². The third-order valence-electron chi connectivity index (χ3n) is 3.57. The van der Waals surface area contributed by atoms with E-state index in [1.54, 1.807) is 0 Å². The number of hydrogen-bond donors (Lipinski definition) is 2. The highest BCUT2D eigenvalue weighted by atomic mass is 19.4. The van der Waals surface area contributed by atoms with Crippen molar-refractivity contribution in [2.24, 2.45) is 13.0 Å². The van der Waals surface area contributed by atoms with Gasteiger partial charge in [-0.25, -0.2) is 4.98 Å². The van der Waals surface area contributed by atoms with E-state index in [9.17, 15) is 18.0 Å². The second-order valence-electron chi connectivity index (χ2n) is 5.43. The number of amides is 1. The second-order valence-corrected chi connectivity index (χ2v) is 5.43. The van der Waals surface area contributed by atoms with Gasteiger partial charge in [-0.3, -0.25) is 9.48 Å². The number of aromatic nitrogens is 3. The molecule has 0 atom stereocenters. The molecule has 9 heteroatoms. The molecule has 2 aromatic rings. The van der Waals surface area contributed by atoms with E-state index >= 15 is 0 Å². The third-order valence-corrected chi connectivity index (χ3v) is 3.57. The van der Waals surface area contributed by atoms with E-state index in [2.05, 4.69) is 15.4 Å². The number of aryl methyl sites for hydroxylation is 1. The summed E-state index contributed by atoms with van der Waals surface area (Å²) in [4.78, 5) is 15.7. The summed E-state index contributed by atoms with van der Waals surface area (Å²) in [5.41, 5.74) is 5.34. The summed E-state index contributed by atoms with van der Waals surface area (Å²) >= 11 is 0. The number of halogens is 3. The summed E-state index contributed by atoms with van der Waals surface area (Å²) in [7, 11) is 1.40. The molecule has 3 N–H and O–H groups in total. The number of rotatable bonds is 3. The number of nitrogens with one attached hydrogen (secondary N) is 1. The Morgan fingerprint density at radius 1 is 1.39 bits per heavy atom. The molecule has 0 spiro atoms. The van der Waals surface area contributed by atoms with Gasteiger partial charge in [0.15, 0.2) is 5.69 Å². The van der Waals surface area contributed by atoms with Crippen LogP contribution in [-0.2, 0) is 18.0 Å². The lowest BCUT2D eigenvalue weighted by Gasteiger charge is -2.08. The van der Waals surface area contributed by atoms with Crippen molar-refractivity contribution < 1.29 is 18.0 Å². The van der Waals surface area contributed by atoms with Crippen molar-refractivity contribution >= 4 is 17.5 Å². The van der Waals surface area contributed by atoms with Crippen molar-refractivity contribution in [3.05, 3.63) is 23.9 Å². The van der Waals surface area contributed by atoms with Gasteiger partial charge in [-0.15, -0.1) is 0 Å². The van der Waals surface area contributed by atoms with Gasteiger partial charge < -0.3 is 11.1 Å². The lowest BCUT2D eigenvalue weighted by Crippen LogP contribution is -2.15. The van der Waals surface area contributed by atoms with Crippen molar-refractivity contribution in [3.63, 3.8) is 0 Å². The molecule has 0 bridgehead atoms. The van der Waals surface area contributed by atoms with Crippen LogP contribution in [0.2, 0.25) is 0 Å². The van der Waals surface area contributed by atoms with Gasteiger partial charge in [0.2, 0.25) is 5.91 Å². The lowest BCUT2D eigenvalue weighted by molar-refractivity contribution is -0.141. The van der Waals surface area contributed by atoms with E-state index in [0.717, 1.165) is 23.6 Å². The van der Waals surface area contributed by atoms with Crippen molar-refractivity contribution in [2.75, 3.05) is 11.1 Å². The molecule has 6 nitrogen and oxygen atoms in total. The maximum Gasteiger partial charge on any atom is 0.435 e. The third kappa shape index (κ3) is 3.13. The second kappa shape index (κ2) is 5.25. The standard InChI is InChI=1S/C14H14F3N5O/c1-22-9(6-10(21-22)14(15,16)17)8-4-5-11(19-12(8)18)20-13(23)7-2-3-7/h4-7H,2-3H2,1H3,(H3,18,19,20,23). The van der Waals surface area contributed by atoms with Crippen LogP contribution >= 0.6 is 0 Å². The van der Waals surface area contributed by atoms with E-state index in [-0.39, 0.29) is 29.2 Å². The minimum absolute atomic E-state index is 0.0177. The number of carbonyl (C=O) groups is 1. The fourth-order valence-corrected chi connectivity index (χ4v) is 2.19. The fraction of sp³-hybridized carbons (Fsp3) is 0.357. The number of nitrogens with zero attached hydrogens (tertiary/aromatic N) is 3. The summed E-state index contributed by atoms with van der Waals surface area (Å²) < 4.78 is 39.2. The smallest absolute Gasteiger partial charge is 0.383 e. The highest BCUT2D eigenvalue weighted by Crippen LogP contribution is 2.34. The highest BCUT2D eigenvalue weighted by Gasteiger charge is 2.35. The topological polar surface area (TPSA) is 85.8 Å². The molecule has 23 heavy (non-hydrogen) atoms. The summed E-state index contributed by atoms with van der Waals surface area (Å²) in [6, 6.07) is 3.93. The molecular formula is C14H14F3N5O. The Hall–Kier alpha value is -2.58. The Balaban J connectivity index is 1.88. The van der Waals surface area contributed by atoms with Gasteiger partial charge in [-0.05, 0) is 31.0 Å². The monoisotopic (exact) mass is 325 g/mol. The number of alkyl halides is 3. The largest absolute Gasteiger partial charge is 0.435 e. The van der Waals surface area contributed by atoms with Crippen LogP contribution in [0.5, 0.6) is 0 Å². The Kier molecular flexibility index (Phi) is 3.50. The molecule has 2 heterocycles. The normalized spacial score (nSPS) is 14.8. The van der Waals surface area contributed by atoms with E-state index in [1.165, 1.54) is 19.2 Å². The van der Waals surface area contributed by atoms with Crippen LogP contribution in [0.3, 0.4) is 0 Å². The van der Waals surface area contributed by atoms with Crippen LogP contribution in [0.15, 0.2) is 18.2 Å². The summed E-state index contributed by atoms with van der Waals surface area (Å²) in [6.45, 7) is 0. The maximum absolute atomic E-state index is 12.7. The molecule has 1 aliphatic rings. The molecule has 0 aromatic carbocycles.